The molecule has 1 aliphatic heterocycles. The van der Waals surface area contributed by atoms with Gasteiger partial charge in [0.1, 0.15) is 6.26 Å². The molecule has 2 heterocycles. The molecule has 0 bridgehead atoms. The maximum Gasteiger partial charge on any atom is 0.254 e. The molecule has 2 atom stereocenters. The van der Waals surface area contributed by atoms with Gasteiger partial charge in [-0.3, -0.25) is 9.59 Å². The highest BCUT2D eigenvalue weighted by Crippen LogP contribution is 2.11. The van der Waals surface area contributed by atoms with E-state index in [9.17, 15) is 9.59 Å². The van der Waals surface area contributed by atoms with Crippen LogP contribution in [0.4, 0.5) is 0 Å². The summed E-state index contributed by atoms with van der Waals surface area (Å²) in [7, 11) is 0. The van der Waals surface area contributed by atoms with E-state index < -0.39 is 0 Å². The van der Waals surface area contributed by atoms with Crippen molar-refractivity contribution < 1.29 is 18.7 Å². The lowest BCUT2D eigenvalue weighted by molar-refractivity contribution is -0.142. The van der Waals surface area contributed by atoms with Crippen molar-refractivity contribution in [1.29, 1.82) is 0 Å². The first-order valence-corrected chi connectivity index (χ1v) is 6.29. The van der Waals surface area contributed by atoms with Gasteiger partial charge in [0.25, 0.3) is 5.91 Å². The second kappa shape index (κ2) is 5.88. The van der Waals surface area contributed by atoms with Gasteiger partial charge in [-0.25, -0.2) is 0 Å². The molecule has 2 rings (SSSR count). The van der Waals surface area contributed by atoms with E-state index in [1.807, 2.05) is 13.8 Å². The average Bonchev–Trinajstić information content (AvgIpc) is 2.92. The minimum atomic E-state index is -0.309. The maximum atomic E-state index is 12.1. The van der Waals surface area contributed by atoms with E-state index in [2.05, 4.69) is 5.32 Å². The highest BCUT2D eigenvalue weighted by atomic mass is 16.5. The standard InChI is InChI=1S/C13H18N2O4/c1-9-7-19-10(2)6-15(9)12(16)5-14-13(17)11-3-4-18-8-11/h3-4,8-10H,5-7H2,1-2H3,(H,14,17)/t9-,10+/m0/s1. The molecule has 2 amide bonds. The molecule has 0 spiro atoms. The fraction of sp³-hybridized carbons (Fsp3) is 0.538. The smallest absolute Gasteiger partial charge is 0.254 e. The molecule has 1 saturated heterocycles. The third-order valence-electron chi connectivity index (χ3n) is 3.11. The van der Waals surface area contributed by atoms with Gasteiger partial charge in [-0.2, -0.15) is 0 Å². The van der Waals surface area contributed by atoms with E-state index in [-0.39, 0.29) is 30.5 Å². The molecule has 1 aromatic rings. The molecule has 1 N–H and O–H groups in total. The Morgan fingerprint density at radius 3 is 2.95 bits per heavy atom. The van der Waals surface area contributed by atoms with Crippen molar-refractivity contribution in [3.63, 3.8) is 0 Å². The van der Waals surface area contributed by atoms with Crippen molar-refractivity contribution in [3.05, 3.63) is 24.2 Å². The summed E-state index contributed by atoms with van der Waals surface area (Å²) in [5, 5.41) is 2.59. The second-order valence-electron chi connectivity index (χ2n) is 4.73. The van der Waals surface area contributed by atoms with Crippen LogP contribution in [0.25, 0.3) is 0 Å². The van der Waals surface area contributed by atoms with Gasteiger partial charge in [-0.15, -0.1) is 0 Å². The third kappa shape index (κ3) is 3.35. The summed E-state index contributed by atoms with van der Waals surface area (Å²) in [6.45, 7) is 4.93. The summed E-state index contributed by atoms with van der Waals surface area (Å²) in [6, 6.07) is 1.59. The molecule has 0 unspecified atom stereocenters. The quantitative estimate of drug-likeness (QED) is 0.871. The van der Waals surface area contributed by atoms with E-state index >= 15 is 0 Å². The first kappa shape index (κ1) is 13.6. The highest BCUT2D eigenvalue weighted by Gasteiger charge is 2.27. The number of nitrogens with zero attached hydrogens (tertiary/aromatic N) is 1. The number of carbonyl (C=O) groups is 2. The molecule has 0 saturated carbocycles. The van der Waals surface area contributed by atoms with Gasteiger partial charge in [0.15, 0.2) is 0 Å². The Morgan fingerprint density at radius 1 is 1.47 bits per heavy atom. The minimum Gasteiger partial charge on any atom is -0.472 e. The van der Waals surface area contributed by atoms with Gasteiger partial charge in [0.2, 0.25) is 5.91 Å². The Morgan fingerprint density at radius 2 is 2.26 bits per heavy atom. The fourth-order valence-corrected chi connectivity index (χ4v) is 2.00. The van der Waals surface area contributed by atoms with E-state index in [1.54, 1.807) is 11.0 Å². The number of furan rings is 1. The lowest BCUT2D eigenvalue weighted by atomic mass is 10.2. The van der Waals surface area contributed by atoms with Crippen LogP contribution >= 0.6 is 0 Å². The summed E-state index contributed by atoms with van der Waals surface area (Å²) in [5.74, 6) is -0.407. The monoisotopic (exact) mass is 266 g/mol. The molecule has 1 aliphatic rings. The molecule has 0 radical (unpaired) electrons. The van der Waals surface area contributed by atoms with Gasteiger partial charge in [0, 0.05) is 6.54 Å². The van der Waals surface area contributed by atoms with Crippen LogP contribution in [-0.4, -0.2) is 48.6 Å². The second-order valence-corrected chi connectivity index (χ2v) is 4.73. The number of hydrogen-bond donors (Lipinski definition) is 1. The van der Waals surface area contributed by atoms with Gasteiger partial charge in [-0.1, -0.05) is 0 Å². The lowest BCUT2D eigenvalue weighted by Gasteiger charge is -2.36. The Hall–Kier alpha value is -1.82. The van der Waals surface area contributed by atoms with E-state index in [1.165, 1.54) is 12.5 Å². The van der Waals surface area contributed by atoms with E-state index in [4.69, 9.17) is 9.15 Å². The SMILES string of the molecule is C[C@@H]1CN(C(=O)CNC(=O)c2ccoc2)[C@@H](C)CO1. The van der Waals surface area contributed by atoms with Crippen molar-refractivity contribution in [1.82, 2.24) is 10.2 Å². The minimum absolute atomic E-state index is 0.0128. The zero-order valence-electron chi connectivity index (χ0n) is 11.1. The zero-order valence-corrected chi connectivity index (χ0v) is 11.1. The Labute approximate surface area is 111 Å². The average molecular weight is 266 g/mol. The number of amides is 2. The summed E-state index contributed by atoms with van der Waals surface area (Å²) >= 11 is 0. The van der Waals surface area contributed by atoms with Gasteiger partial charge in [0.05, 0.1) is 37.1 Å². The van der Waals surface area contributed by atoms with Crippen LogP contribution in [0, 0.1) is 0 Å². The maximum absolute atomic E-state index is 12.1. The topological polar surface area (TPSA) is 71.8 Å². The van der Waals surface area contributed by atoms with Gasteiger partial charge < -0.3 is 19.4 Å². The molecule has 19 heavy (non-hydrogen) atoms. The van der Waals surface area contributed by atoms with Crippen molar-refractivity contribution in [3.8, 4) is 0 Å². The molecule has 104 valence electrons. The molecular weight excluding hydrogens is 248 g/mol. The Balaban J connectivity index is 1.85. The molecule has 0 aromatic carbocycles. The molecule has 0 aliphatic carbocycles. The summed E-state index contributed by atoms with van der Waals surface area (Å²) in [4.78, 5) is 25.5. The van der Waals surface area contributed by atoms with E-state index in [0.717, 1.165) is 0 Å². The largest absolute Gasteiger partial charge is 0.472 e. The van der Waals surface area contributed by atoms with Crippen molar-refractivity contribution in [2.75, 3.05) is 19.7 Å². The third-order valence-corrected chi connectivity index (χ3v) is 3.11. The number of morpholine rings is 1. The Kier molecular flexibility index (Phi) is 4.21. The van der Waals surface area contributed by atoms with Crippen molar-refractivity contribution in [2.24, 2.45) is 0 Å². The van der Waals surface area contributed by atoms with Crippen LogP contribution in [0.3, 0.4) is 0 Å². The van der Waals surface area contributed by atoms with Crippen LogP contribution in [0.1, 0.15) is 24.2 Å². The first-order valence-electron chi connectivity index (χ1n) is 6.29. The van der Waals surface area contributed by atoms with Gasteiger partial charge >= 0.3 is 0 Å². The number of ether oxygens (including phenoxy) is 1. The molecule has 1 fully saturated rings. The lowest BCUT2D eigenvalue weighted by Crippen LogP contribution is -2.52. The number of carbonyl (C=O) groups excluding carboxylic acids is 2. The molecule has 6 nitrogen and oxygen atoms in total. The van der Waals surface area contributed by atoms with Gasteiger partial charge in [-0.05, 0) is 19.9 Å². The van der Waals surface area contributed by atoms with Crippen molar-refractivity contribution in [2.45, 2.75) is 26.0 Å². The normalized spacial score (nSPS) is 23.2. The van der Waals surface area contributed by atoms with Crippen LogP contribution in [0.15, 0.2) is 23.0 Å². The van der Waals surface area contributed by atoms with Crippen molar-refractivity contribution >= 4 is 11.8 Å². The summed E-state index contributed by atoms with van der Waals surface area (Å²) in [6.07, 6.45) is 2.80. The highest BCUT2D eigenvalue weighted by molar-refractivity contribution is 5.96. The molecule has 1 aromatic heterocycles. The Bertz CT molecular complexity index is 444. The predicted octanol–water partition coefficient (Wildman–Crippen LogP) is 0.645. The van der Waals surface area contributed by atoms with Crippen LogP contribution < -0.4 is 5.32 Å². The first-order chi connectivity index (χ1) is 9.08. The molecule has 6 heteroatoms. The zero-order chi connectivity index (χ0) is 13.8. The van der Waals surface area contributed by atoms with Crippen LogP contribution in [-0.2, 0) is 9.53 Å². The molecular formula is C13H18N2O4. The fourth-order valence-electron chi connectivity index (χ4n) is 2.00. The summed E-state index contributed by atoms with van der Waals surface area (Å²) < 4.78 is 10.3. The van der Waals surface area contributed by atoms with Crippen LogP contribution in [0.5, 0.6) is 0 Å². The number of rotatable bonds is 3. The number of hydrogen-bond acceptors (Lipinski definition) is 4. The van der Waals surface area contributed by atoms with Crippen LogP contribution in [0.2, 0.25) is 0 Å². The number of nitrogens with one attached hydrogen (secondary N) is 1. The van der Waals surface area contributed by atoms with E-state index in [0.29, 0.717) is 18.7 Å². The predicted molar refractivity (Wildman–Crippen MR) is 67.6 cm³/mol. The summed E-state index contributed by atoms with van der Waals surface area (Å²) in [5.41, 5.74) is 0.413.